The van der Waals surface area contributed by atoms with Gasteiger partial charge in [-0.05, 0) is 30.4 Å². The highest BCUT2D eigenvalue weighted by molar-refractivity contribution is 7.99. The zero-order valence-corrected chi connectivity index (χ0v) is 10.4. The van der Waals surface area contributed by atoms with E-state index in [1.54, 1.807) is 0 Å². The van der Waals surface area contributed by atoms with Crippen molar-refractivity contribution >= 4 is 17.5 Å². The molecule has 0 radical (unpaired) electrons. The molecule has 1 rings (SSSR count). The highest BCUT2D eigenvalue weighted by Gasteiger charge is 2.30. The van der Waals surface area contributed by atoms with E-state index in [1.165, 1.54) is 24.8 Å². The highest BCUT2D eigenvalue weighted by Crippen LogP contribution is 2.30. The maximum absolute atomic E-state index is 12.4. The molecule has 0 saturated heterocycles. The van der Waals surface area contributed by atoms with Crippen LogP contribution in [0, 0.1) is 6.92 Å². The number of thioether (sulfide) groups is 1. The Morgan fingerprint density at radius 1 is 1.35 bits per heavy atom. The molecule has 0 saturated carbocycles. The van der Waals surface area contributed by atoms with Crippen molar-refractivity contribution in [2.24, 2.45) is 0 Å². The SMILES string of the molecule is CCSCC(=O)c1ccc(C(F)(F)F)cc1C. The van der Waals surface area contributed by atoms with E-state index in [-0.39, 0.29) is 5.78 Å². The van der Waals surface area contributed by atoms with Crippen molar-refractivity contribution in [2.75, 3.05) is 11.5 Å². The van der Waals surface area contributed by atoms with Gasteiger partial charge in [0.15, 0.2) is 5.78 Å². The van der Waals surface area contributed by atoms with Crippen LogP contribution in [-0.2, 0) is 6.18 Å². The van der Waals surface area contributed by atoms with Crippen LogP contribution in [0.15, 0.2) is 18.2 Å². The first-order chi connectivity index (χ1) is 7.86. The number of rotatable bonds is 4. The molecule has 17 heavy (non-hydrogen) atoms. The van der Waals surface area contributed by atoms with Crippen LogP contribution in [0.5, 0.6) is 0 Å². The van der Waals surface area contributed by atoms with Crippen molar-refractivity contribution in [3.05, 3.63) is 34.9 Å². The summed E-state index contributed by atoms with van der Waals surface area (Å²) in [5, 5.41) is 0. The number of hydrogen-bond donors (Lipinski definition) is 0. The highest BCUT2D eigenvalue weighted by atomic mass is 32.2. The zero-order chi connectivity index (χ0) is 13.1. The lowest BCUT2D eigenvalue weighted by atomic mass is 10.0. The van der Waals surface area contributed by atoms with Crippen molar-refractivity contribution in [3.63, 3.8) is 0 Å². The lowest BCUT2D eigenvalue weighted by Gasteiger charge is -2.10. The van der Waals surface area contributed by atoms with E-state index < -0.39 is 11.7 Å². The molecule has 0 fully saturated rings. The number of benzene rings is 1. The topological polar surface area (TPSA) is 17.1 Å². The molecular weight excluding hydrogens is 249 g/mol. The lowest BCUT2D eigenvalue weighted by molar-refractivity contribution is -0.137. The van der Waals surface area contributed by atoms with E-state index in [1.807, 2.05) is 6.92 Å². The molecule has 0 unspecified atom stereocenters. The molecule has 0 aliphatic rings. The smallest absolute Gasteiger partial charge is 0.293 e. The van der Waals surface area contributed by atoms with Crippen LogP contribution in [0.2, 0.25) is 0 Å². The summed E-state index contributed by atoms with van der Waals surface area (Å²) in [6.07, 6.45) is -4.36. The first kappa shape index (κ1) is 14.1. The minimum Gasteiger partial charge on any atom is -0.293 e. The van der Waals surface area contributed by atoms with Crippen LogP contribution in [-0.4, -0.2) is 17.3 Å². The Hall–Kier alpha value is -0.970. The number of carbonyl (C=O) groups excluding carboxylic acids is 1. The molecule has 0 aromatic heterocycles. The van der Waals surface area contributed by atoms with Gasteiger partial charge in [0.25, 0.3) is 0 Å². The molecule has 1 nitrogen and oxygen atoms in total. The second-order valence-electron chi connectivity index (χ2n) is 3.59. The first-order valence-corrected chi connectivity index (χ1v) is 6.30. The van der Waals surface area contributed by atoms with Crippen LogP contribution in [0.1, 0.15) is 28.4 Å². The standard InChI is InChI=1S/C12H13F3OS/c1-3-17-7-11(16)10-5-4-9(6-8(10)2)12(13,14)15/h4-6H,3,7H2,1-2H3. The Morgan fingerprint density at radius 3 is 2.47 bits per heavy atom. The summed E-state index contributed by atoms with van der Waals surface area (Å²) >= 11 is 1.46. The van der Waals surface area contributed by atoms with E-state index in [2.05, 4.69) is 0 Å². The molecule has 5 heteroatoms. The molecule has 0 amide bonds. The van der Waals surface area contributed by atoms with Gasteiger partial charge in [0.2, 0.25) is 0 Å². The Kier molecular flexibility index (Phi) is 4.62. The molecular formula is C12H13F3OS. The summed E-state index contributed by atoms with van der Waals surface area (Å²) in [4.78, 5) is 11.7. The number of Topliss-reactive ketones (excluding diaryl/α,β-unsaturated/α-hetero) is 1. The first-order valence-electron chi connectivity index (χ1n) is 5.15. The van der Waals surface area contributed by atoms with Crippen molar-refractivity contribution in [1.82, 2.24) is 0 Å². The van der Waals surface area contributed by atoms with Gasteiger partial charge in [-0.3, -0.25) is 4.79 Å². The average molecular weight is 262 g/mol. The third-order valence-electron chi connectivity index (χ3n) is 2.29. The van der Waals surface area contributed by atoms with Gasteiger partial charge in [0.05, 0.1) is 11.3 Å². The summed E-state index contributed by atoms with van der Waals surface area (Å²) < 4.78 is 37.2. The predicted molar refractivity (Wildman–Crippen MR) is 63.5 cm³/mol. The monoisotopic (exact) mass is 262 g/mol. The molecule has 1 aromatic carbocycles. The zero-order valence-electron chi connectivity index (χ0n) is 9.60. The van der Waals surface area contributed by atoms with Crippen LogP contribution in [0.3, 0.4) is 0 Å². The quantitative estimate of drug-likeness (QED) is 0.764. The van der Waals surface area contributed by atoms with E-state index in [4.69, 9.17) is 0 Å². The largest absolute Gasteiger partial charge is 0.416 e. The van der Waals surface area contributed by atoms with Crippen molar-refractivity contribution in [2.45, 2.75) is 20.0 Å². The van der Waals surface area contributed by atoms with Gasteiger partial charge < -0.3 is 0 Å². The maximum atomic E-state index is 12.4. The third kappa shape index (κ3) is 3.77. The van der Waals surface area contributed by atoms with Crippen molar-refractivity contribution in [3.8, 4) is 0 Å². The van der Waals surface area contributed by atoms with Crippen LogP contribution in [0.4, 0.5) is 13.2 Å². The Bertz CT molecular complexity index is 413. The molecule has 0 bridgehead atoms. The fourth-order valence-corrected chi connectivity index (χ4v) is 1.97. The molecule has 0 aliphatic heterocycles. The predicted octanol–water partition coefficient (Wildman–Crippen LogP) is 3.95. The van der Waals surface area contributed by atoms with E-state index in [0.717, 1.165) is 17.9 Å². The Labute approximate surface area is 102 Å². The summed E-state index contributed by atoms with van der Waals surface area (Å²) in [7, 11) is 0. The van der Waals surface area contributed by atoms with E-state index in [9.17, 15) is 18.0 Å². The molecule has 0 spiro atoms. The fourth-order valence-electron chi connectivity index (χ4n) is 1.43. The average Bonchev–Trinajstić information content (AvgIpc) is 2.24. The number of aryl methyl sites for hydroxylation is 1. The fraction of sp³-hybridized carbons (Fsp3) is 0.417. The van der Waals surface area contributed by atoms with Crippen LogP contribution < -0.4 is 0 Å². The van der Waals surface area contributed by atoms with Gasteiger partial charge in [-0.1, -0.05) is 13.0 Å². The van der Waals surface area contributed by atoms with Gasteiger partial charge in [0, 0.05) is 5.56 Å². The third-order valence-corrected chi connectivity index (χ3v) is 3.17. The van der Waals surface area contributed by atoms with E-state index in [0.29, 0.717) is 16.9 Å². The summed E-state index contributed by atoms with van der Waals surface area (Å²) in [5.41, 5.74) is 0.0372. The second-order valence-corrected chi connectivity index (χ2v) is 4.86. The van der Waals surface area contributed by atoms with Gasteiger partial charge in [0.1, 0.15) is 0 Å². The van der Waals surface area contributed by atoms with Crippen LogP contribution in [0.25, 0.3) is 0 Å². The van der Waals surface area contributed by atoms with Gasteiger partial charge in [-0.25, -0.2) is 0 Å². The number of halogens is 3. The molecule has 0 N–H and O–H groups in total. The molecule has 94 valence electrons. The summed E-state index contributed by atoms with van der Waals surface area (Å²) in [5.74, 6) is 0.997. The second kappa shape index (κ2) is 5.58. The maximum Gasteiger partial charge on any atom is 0.416 e. The minimum atomic E-state index is -4.36. The normalized spacial score (nSPS) is 11.6. The number of alkyl halides is 3. The lowest BCUT2D eigenvalue weighted by Crippen LogP contribution is -2.09. The molecule has 1 aromatic rings. The molecule has 0 heterocycles. The van der Waals surface area contributed by atoms with Gasteiger partial charge in [-0.2, -0.15) is 24.9 Å². The summed E-state index contributed by atoms with van der Waals surface area (Å²) in [6.45, 7) is 3.46. The number of ketones is 1. The Balaban J connectivity index is 2.94. The number of hydrogen-bond acceptors (Lipinski definition) is 2. The molecule has 0 aliphatic carbocycles. The number of carbonyl (C=O) groups is 1. The minimum absolute atomic E-state index is 0.122. The Morgan fingerprint density at radius 2 is 2.00 bits per heavy atom. The van der Waals surface area contributed by atoms with Gasteiger partial charge >= 0.3 is 6.18 Å². The molecule has 0 atom stereocenters. The van der Waals surface area contributed by atoms with Crippen LogP contribution >= 0.6 is 11.8 Å². The van der Waals surface area contributed by atoms with Gasteiger partial charge in [-0.15, -0.1) is 0 Å². The van der Waals surface area contributed by atoms with E-state index >= 15 is 0 Å². The summed E-state index contributed by atoms with van der Waals surface area (Å²) in [6, 6.07) is 3.23. The van der Waals surface area contributed by atoms with Crippen molar-refractivity contribution in [1.29, 1.82) is 0 Å². The van der Waals surface area contributed by atoms with Crippen molar-refractivity contribution < 1.29 is 18.0 Å².